The number of halogens is 1. The molecule has 0 saturated carbocycles. The lowest BCUT2D eigenvalue weighted by atomic mass is 10.00. The third-order valence-corrected chi connectivity index (χ3v) is 18.0. The van der Waals surface area contributed by atoms with Crippen LogP contribution in [0.2, 0.25) is 5.15 Å². The summed E-state index contributed by atoms with van der Waals surface area (Å²) in [7, 11) is 0. The molecule has 6 heterocycles. The van der Waals surface area contributed by atoms with E-state index in [1.54, 1.807) is 6.20 Å². The van der Waals surface area contributed by atoms with Gasteiger partial charge in [0.2, 0.25) is 0 Å². The highest BCUT2D eigenvalue weighted by atomic mass is 35.5. The van der Waals surface area contributed by atoms with Gasteiger partial charge >= 0.3 is 0 Å². The molecular formula is C80H49ClN8. The van der Waals surface area contributed by atoms with Crippen LogP contribution in [0.1, 0.15) is 0 Å². The van der Waals surface area contributed by atoms with Crippen LogP contribution in [0.15, 0.2) is 291 Å². The van der Waals surface area contributed by atoms with E-state index in [2.05, 4.69) is 283 Å². The number of aromatic nitrogens is 8. The van der Waals surface area contributed by atoms with Gasteiger partial charge in [-0.05, 0) is 94.3 Å². The zero-order valence-corrected chi connectivity index (χ0v) is 48.5. The van der Waals surface area contributed by atoms with Crippen LogP contribution < -0.4 is 0 Å². The molecule has 9 heteroatoms. The number of rotatable bonds is 3. The minimum absolute atomic E-state index is 0.424. The summed E-state index contributed by atoms with van der Waals surface area (Å²) < 4.78 is 7.03. The fraction of sp³-hybridized carbons (Fsp3) is 0. The van der Waals surface area contributed by atoms with Crippen molar-refractivity contribution in [1.29, 1.82) is 0 Å². The lowest BCUT2D eigenvalue weighted by Gasteiger charge is -2.12. The molecule has 0 radical (unpaired) electrons. The van der Waals surface area contributed by atoms with Crippen molar-refractivity contribution in [2.45, 2.75) is 0 Å². The summed E-state index contributed by atoms with van der Waals surface area (Å²) in [6, 6.07) is 98.4. The fourth-order valence-electron chi connectivity index (χ4n) is 14.2. The standard InChI is InChI=1S/C40H24N4.C24H16N2.C16H9ClN2/c1-2-12-25(13-3-1)43-32-20-10-8-18-30(32)37-34(43)22-23-35-38(37)31-19-9-11-21-33(31)44(35)36-24-41-39-28-16-6-4-14-26(28)27-15-5-7-17-29(27)40(39)42-36;1-2-8-16(9-3-1)26-21-13-7-5-11-18(21)24-22(26)15-14-20-23(24)17-10-4-6-12-19(17)25-20;17-14-9-18-15-12-7-3-1-5-10(12)11-6-2-4-8-13(11)16(15)19-14/h1-24H;1-15,25H;1-9H. The maximum Gasteiger partial charge on any atom is 0.156 e. The Kier molecular flexibility index (Phi) is 11.5. The lowest BCUT2D eigenvalue weighted by molar-refractivity contribution is 1.08. The first-order valence-electron chi connectivity index (χ1n) is 29.9. The molecule has 0 aliphatic carbocycles. The highest BCUT2D eigenvalue weighted by Gasteiger charge is 2.23. The normalized spacial score (nSPS) is 11.9. The summed E-state index contributed by atoms with van der Waals surface area (Å²) in [5.74, 6) is 0.815. The lowest BCUT2D eigenvalue weighted by Crippen LogP contribution is -2.00. The molecule has 0 saturated heterocycles. The number of benzene rings is 14. The summed E-state index contributed by atoms with van der Waals surface area (Å²) in [6.07, 6.45) is 3.54. The molecule has 8 nitrogen and oxygen atoms in total. The van der Waals surface area contributed by atoms with Crippen molar-refractivity contribution >= 4 is 164 Å². The number of hydrogen-bond acceptors (Lipinski definition) is 4. The van der Waals surface area contributed by atoms with Gasteiger partial charge in [0.1, 0.15) is 5.15 Å². The van der Waals surface area contributed by atoms with Gasteiger partial charge in [0.15, 0.2) is 5.82 Å². The van der Waals surface area contributed by atoms with Crippen molar-refractivity contribution in [3.8, 4) is 17.2 Å². The largest absolute Gasteiger partial charge is 0.354 e. The molecule has 416 valence electrons. The Morgan fingerprint density at radius 3 is 1.09 bits per heavy atom. The predicted molar refractivity (Wildman–Crippen MR) is 373 cm³/mol. The molecule has 0 spiro atoms. The molecule has 0 unspecified atom stereocenters. The fourth-order valence-corrected chi connectivity index (χ4v) is 14.3. The second-order valence-electron chi connectivity index (χ2n) is 22.6. The van der Waals surface area contributed by atoms with E-state index >= 15 is 0 Å². The molecule has 0 atom stereocenters. The van der Waals surface area contributed by atoms with Gasteiger partial charge in [-0.25, -0.2) is 9.97 Å². The molecular weight excluding hydrogens is 1110 g/mol. The SMILES string of the molecule is Clc1cnc2c3ccccc3c3ccccc3c2n1.c1ccc(-n2c3ccccc3c3c4c(ccc32)[nH]c2ccccc24)cc1.c1ccc(-n2c3ccccc3c3c4c5ccccc5n(-c5cnc6c7ccccc7c7ccccc7c6n5)c4ccc32)cc1. The van der Waals surface area contributed by atoms with Crippen molar-refractivity contribution in [2.75, 3.05) is 0 Å². The molecule has 0 aliphatic rings. The van der Waals surface area contributed by atoms with Gasteiger partial charge in [0.05, 0.1) is 67.6 Å². The Balaban J connectivity index is 0.000000111. The van der Waals surface area contributed by atoms with Crippen LogP contribution in [-0.4, -0.2) is 38.6 Å². The maximum atomic E-state index is 6.00. The van der Waals surface area contributed by atoms with Crippen molar-refractivity contribution in [2.24, 2.45) is 0 Å². The number of nitrogens with zero attached hydrogens (tertiary/aromatic N) is 7. The molecule has 0 aliphatic heterocycles. The van der Waals surface area contributed by atoms with Crippen LogP contribution in [0, 0.1) is 0 Å². The Hall–Kier alpha value is -11.7. The van der Waals surface area contributed by atoms with E-state index in [9.17, 15) is 0 Å². The van der Waals surface area contributed by atoms with E-state index in [-0.39, 0.29) is 0 Å². The second kappa shape index (κ2) is 20.2. The van der Waals surface area contributed by atoms with Crippen molar-refractivity contribution in [3.05, 3.63) is 297 Å². The van der Waals surface area contributed by atoms with Gasteiger partial charge in [-0.1, -0.05) is 218 Å². The quantitative estimate of drug-likeness (QED) is 0.179. The number of H-pyrrole nitrogens is 1. The molecule has 0 fully saturated rings. The molecule has 20 rings (SSSR count). The monoisotopic (exact) mass is 1160 g/mol. The summed E-state index contributed by atoms with van der Waals surface area (Å²) >= 11 is 6.00. The average molecular weight is 1160 g/mol. The molecule has 0 bridgehead atoms. The predicted octanol–water partition coefficient (Wildman–Crippen LogP) is 21.1. The first-order chi connectivity index (χ1) is 44.1. The summed E-state index contributed by atoms with van der Waals surface area (Å²) in [5.41, 5.74) is 15.4. The van der Waals surface area contributed by atoms with Crippen LogP contribution in [0.3, 0.4) is 0 Å². The van der Waals surface area contributed by atoms with Gasteiger partial charge < -0.3 is 14.1 Å². The zero-order chi connectivity index (χ0) is 58.7. The maximum absolute atomic E-state index is 6.00. The van der Waals surface area contributed by atoms with Crippen LogP contribution in [0.4, 0.5) is 0 Å². The number of hydrogen-bond donors (Lipinski definition) is 1. The van der Waals surface area contributed by atoms with E-state index in [0.29, 0.717) is 5.15 Å². The molecule has 6 aromatic heterocycles. The number of fused-ring (bicyclic) bond motifs is 26. The third kappa shape index (κ3) is 7.80. The van der Waals surface area contributed by atoms with Crippen molar-refractivity contribution in [3.63, 3.8) is 0 Å². The van der Waals surface area contributed by atoms with Crippen LogP contribution >= 0.6 is 11.6 Å². The van der Waals surface area contributed by atoms with E-state index < -0.39 is 0 Å². The zero-order valence-electron chi connectivity index (χ0n) is 47.7. The average Bonchev–Trinajstić information content (AvgIpc) is 2.31. The molecule has 1 N–H and O–H groups in total. The van der Waals surface area contributed by atoms with E-state index in [0.717, 1.165) is 66.2 Å². The minimum atomic E-state index is 0.424. The first-order valence-corrected chi connectivity index (χ1v) is 30.3. The van der Waals surface area contributed by atoms with Crippen LogP contribution in [-0.2, 0) is 0 Å². The van der Waals surface area contributed by atoms with Crippen molar-refractivity contribution < 1.29 is 0 Å². The first kappa shape index (κ1) is 50.6. The second-order valence-corrected chi connectivity index (χ2v) is 23.0. The summed E-state index contributed by atoms with van der Waals surface area (Å²) in [4.78, 5) is 23.0. The Labute approximate surface area is 513 Å². The number of para-hydroxylation sites is 6. The molecule has 0 amide bonds. The van der Waals surface area contributed by atoms with Gasteiger partial charge in [-0.2, -0.15) is 0 Å². The topological polar surface area (TPSA) is 82.1 Å². The summed E-state index contributed by atoms with van der Waals surface area (Å²) in [5, 5.41) is 19.8. The van der Waals surface area contributed by atoms with Gasteiger partial charge in [-0.3, -0.25) is 14.5 Å². The summed E-state index contributed by atoms with van der Waals surface area (Å²) in [6.45, 7) is 0. The van der Waals surface area contributed by atoms with E-state index in [1.165, 1.54) is 103 Å². The van der Waals surface area contributed by atoms with E-state index in [4.69, 9.17) is 21.6 Å². The number of aromatic amines is 1. The van der Waals surface area contributed by atoms with Crippen molar-refractivity contribution in [1.82, 2.24) is 38.6 Å². The molecule has 14 aromatic carbocycles. The highest BCUT2D eigenvalue weighted by molar-refractivity contribution is 6.32. The Morgan fingerprint density at radius 2 is 0.596 bits per heavy atom. The Morgan fingerprint density at radius 1 is 0.247 bits per heavy atom. The van der Waals surface area contributed by atoms with Gasteiger partial charge in [0, 0.05) is 87.0 Å². The third-order valence-electron chi connectivity index (χ3n) is 17.8. The van der Waals surface area contributed by atoms with Crippen LogP contribution in [0.25, 0.3) is 170 Å². The molecule has 20 aromatic rings. The Bertz CT molecular complexity index is 6190. The number of nitrogens with one attached hydrogen (secondary N) is 1. The smallest absolute Gasteiger partial charge is 0.156 e. The van der Waals surface area contributed by atoms with Gasteiger partial charge in [-0.15, -0.1) is 0 Å². The minimum Gasteiger partial charge on any atom is -0.354 e. The van der Waals surface area contributed by atoms with Gasteiger partial charge in [0.25, 0.3) is 0 Å². The van der Waals surface area contributed by atoms with E-state index in [1.807, 2.05) is 30.5 Å². The highest BCUT2D eigenvalue weighted by Crippen LogP contribution is 2.44. The van der Waals surface area contributed by atoms with Crippen LogP contribution in [0.5, 0.6) is 0 Å². The molecule has 89 heavy (non-hydrogen) atoms.